The van der Waals surface area contributed by atoms with Crippen molar-refractivity contribution in [3.8, 4) is 0 Å². The zero-order valence-electron chi connectivity index (χ0n) is 21.1. The van der Waals surface area contributed by atoms with Crippen LogP contribution < -0.4 is 5.46 Å². The van der Waals surface area contributed by atoms with Crippen molar-refractivity contribution < 1.29 is 33.8 Å². The molecule has 0 amide bonds. The van der Waals surface area contributed by atoms with Gasteiger partial charge in [0.25, 0.3) is 0 Å². The molecule has 35 heavy (non-hydrogen) atoms. The Balaban J connectivity index is 0.000000257. The Morgan fingerprint density at radius 1 is 1.00 bits per heavy atom. The second-order valence-corrected chi connectivity index (χ2v) is 9.91. The first-order valence-electron chi connectivity index (χ1n) is 11.3. The van der Waals surface area contributed by atoms with Crippen LogP contribution in [0.1, 0.15) is 61.3 Å². The molecular weight excluding hydrogens is 519 g/mol. The highest BCUT2D eigenvalue weighted by Gasteiger charge is 2.52. The monoisotopic (exact) mass is 552 g/mol. The van der Waals surface area contributed by atoms with Gasteiger partial charge in [-0.05, 0) is 80.7 Å². The maximum Gasteiger partial charge on any atom is 0.496 e. The second-order valence-electron chi connectivity index (χ2n) is 9.05. The summed E-state index contributed by atoms with van der Waals surface area (Å²) in [6, 6.07) is 3.72. The molecule has 0 saturated carbocycles. The Hall–Kier alpha value is -1.73. The third-order valence-corrected chi connectivity index (χ3v) is 6.66. The maximum absolute atomic E-state index is 10.2. The van der Waals surface area contributed by atoms with Gasteiger partial charge in [0.2, 0.25) is 6.29 Å². The second kappa shape index (κ2) is 13.0. The van der Waals surface area contributed by atoms with Crippen molar-refractivity contribution in [1.29, 1.82) is 0 Å². The van der Waals surface area contributed by atoms with E-state index in [0.717, 1.165) is 33.0 Å². The van der Waals surface area contributed by atoms with Crippen LogP contribution in [0.15, 0.2) is 29.0 Å². The van der Waals surface area contributed by atoms with Crippen LogP contribution in [0.25, 0.3) is 0 Å². The maximum atomic E-state index is 10.2. The van der Waals surface area contributed by atoms with Gasteiger partial charge in [0.05, 0.1) is 43.3 Å². The van der Waals surface area contributed by atoms with E-state index < -0.39 is 0 Å². The summed E-state index contributed by atoms with van der Waals surface area (Å²) in [5.41, 5.74) is 3.62. The Kier molecular flexibility index (Phi) is 11.0. The number of hydrogen-bond acceptors (Lipinski definition) is 9. The first-order valence-corrected chi connectivity index (χ1v) is 12.1. The summed E-state index contributed by atoms with van der Waals surface area (Å²) >= 11 is 3.28. The van der Waals surface area contributed by atoms with Gasteiger partial charge >= 0.3 is 7.12 Å². The van der Waals surface area contributed by atoms with Crippen molar-refractivity contribution >= 4 is 34.8 Å². The number of carbonyl (C=O) groups is 1. The van der Waals surface area contributed by atoms with Gasteiger partial charge in [-0.1, -0.05) is 0 Å². The van der Waals surface area contributed by atoms with Crippen LogP contribution in [-0.2, 0) is 18.8 Å². The zero-order chi connectivity index (χ0) is 26.2. The fraction of sp³-hybridized carbons (Fsp3) is 0.542. The molecule has 2 saturated heterocycles. The van der Waals surface area contributed by atoms with E-state index in [1.165, 1.54) is 0 Å². The van der Waals surface area contributed by atoms with Crippen molar-refractivity contribution in [1.82, 2.24) is 9.97 Å². The van der Waals surface area contributed by atoms with Crippen LogP contribution in [-0.4, -0.2) is 71.2 Å². The van der Waals surface area contributed by atoms with E-state index in [1.54, 1.807) is 18.5 Å². The molecule has 4 heterocycles. The lowest BCUT2D eigenvalue weighted by molar-refractivity contribution is -0.0473. The van der Waals surface area contributed by atoms with Crippen LogP contribution in [0, 0.1) is 13.8 Å². The van der Waals surface area contributed by atoms with E-state index in [9.17, 15) is 4.79 Å². The Bertz CT molecular complexity index is 966. The minimum absolute atomic E-state index is 0.125. The van der Waals surface area contributed by atoms with Crippen LogP contribution in [0.2, 0.25) is 0 Å². The highest BCUT2D eigenvalue weighted by atomic mass is 79.9. The largest absolute Gasteiger partial charge is 0.496 e. The summed E-state index contributed by atoms with van der Waals surface area (Å²) in [6.45, 7) is 13.1. The third kappa shape index (κ3) is 7.88. The van der Waals surface area contributed by atoms with E-state index in [4.69, 9.17) is 29.0 Å². The number of halogens is 1. The van der Waals surface area contributed by atoms with Gasteiger partial charge in [-0.25, -0.2) is 0 Å². The molecule has 2 N–H and O–H groups in total. The fourth-order valence-electron chi connectivity index (χ4n) is 3.09. The standard InChI is InChI=1S/C15H22BNO4.C7H6BrNO.C2H6O2/c1-10-8-12(13-18-6-7-19-13)17-9-11(10)16-20-14(2,3)15(4,5)21-16;1-5-2-6(4-10)9-3-7(5)8;3-1-2-4/h8-9,13H,6-7H2,1-5H3;2-4H,1H3;3-4H,1-2H2. The summed E-state index contributed by atoms with van der Waals surface area (Å²) < 4.78 is 24.0. The molecular formula is C24H34BBrN2O7. The molecule has 2 aromatic heterocycles. The molecule has 9 nitrogen and oxygen atoms in total. The molecule has 2 aromatic rings. The molecule has 192 valence electrons. The summed E-state index contributed by atoms with van der Waals surface area (Å²) in [7, 11) is -0.387. The van der Waals surface area contributed by atoms with E-state index in [2.05, 4.69) is 25.9 Å². The molecule has 2 aliphatic heterocycles. The minimum atomic E-state index is -0.387. The lowest BCUT2D eigenvalue weighted by atomic mass is 9.77. The predicted molar refractivity (Wildman–Crippen MR) is 136 cm³/mol. The van der Waals surface area contributed by atoms with Crippen LogP contribution in [0.5, 0.6) is 0 Å². The molecule has 0 radical (unpaired) electrons. The van der Waals surface area contributed by atoms with E-state index >= 15 is 0 Å². The number of aliphatic hydroxyl groups is 2. The average molecular weight is 553 g/mol. The van der Waals surface area contributed by atoms with Crippen molar-refractivity contribution in [3.63, 3.8) is 0 Å². The number of ether oxygens (including phenoxy) is 2. The topological polar surface area (TPSA) is 120 Å². The van der Waals surface area contributed by atoms with Crippen LogP contribution in [0.4, 0.5) is 0 Å². The molecule has 0 atom stereocenters. The molecule has 0 unspecified atom stereocenters. The summed E-state index contributed by atoms with van der Waals surface area (Å²) in [6.07, 6.45) is 3.81. The van der Waals surface area contributed by atoms with E-state index in [1.807, 2.05) is 47.6 Å². The van der Waals surface area contributed by atoms with Gasteiger partial charge < -0.3 is 29.0 Å². The predicted octanol–water partition coefficient (Wildman–Crippen LogP) is 2.67. The van der Waals surface area contributed by atoms with E-state index in [0.29, 0.717) is 18.9 Å². The number of pyridine rings is 2. The van der Waals surface area contributed by atoms with Gasteiger partial charge in [0, 0.05) is 22.3 Å². The van der Waals surface area contributed by atoms with Gasteiger partial charge in [0.1, 0.15) is 5.69 Å². The van der Waals surface area contributed by atoms with Crippen LogP contribution >= 0.6 is 15.9 Å². The Labute approximate surface area is 215 Å². The molecule has 11 heteroatoms. The lowest BCUT2D eigenvalue weighted by Crippen LogP contribution is -2.41. The van der Waals surface area contributed by atoms with Crippen molar-refractivity contribution in [2.75, 3.05) is 26.4 Å². The first kappa shape index (κ1) is 29.5. The SMILES string of the molecule is Cc1cc(C2OCCO2)ncc1B1OC(C)(C)C(C)(C)O1.Cc1cc(C=O)ncc1Br.OCCO. The highest BCUT2D eigenvalue weighted by Crippen LogP contribution is 2.36. The van der Waals surface area contributed by atoms with E-state index in [-0.39, 0.29) is 37.8 Å². The smallest absolute Gasteiger partial charge is 0.399 e. The quantitative estimate of drug-likeness (QED) is 0.435. The average Bonchev–Trinajstić information content (AvgIpc) is 3.42. The highest BCUT2D eigenvalue weighted by molar-refractivity contribution is 9.10. The lowest BCUT2D eigenvalue weighted by Gasteiger charge is -2.32. The van der Waals surface area contributed by atoms with Crippen LogP contribution in [0.3, 0.4) is 0 Å². The number of aromatic nitrogens is 2. The Morgan fingerprint density at radius 3 is 2.03 bits per heavy atom. The summed E-state index contributed by atoms with van der Waals surface area (Å²) in [4.78, 5) is 18.5. The number of aliphatic hydroxyl groups excluding tert-OH is 2. The molecule has 0 aromatic carbocycles. The van der Waals surface area contributed by atoms with Gasteiger partial charge in [-0.15, -0.1) is 0 Å². The number of hydrogen-bond donors (Lipinski definition) is 2. The van der Waals surface area contributed by atoms with Gasteiger partial charge in [0.15, 0.2) is 6.29 Å². The third-order valence-electron chi connectivity index (χ3n) is 5.83. The number of rotatable bonds is 4. The van der Waals surface area contributed by atoms with Gasteiger partial charge in [-0.2, -0.15) is 0 Å². The van der Waals surface area contributed by atoms with Crippen molar-refractivity contribution in [3.05, 3.63) is 51.5 Å². The molecule has 0 spiro atoms. The molecule has 0 bridgehead atoms. The molecule has 0 aliphatic carbocycles. The molecule has 4 rings (SSSR count). The minimum Gasteiger partial charge on any atom is -0.399 e. The molecule has 2 fully saturated rings. The number of nitrogens with zero attached hydrogens (tertiary/aromatic N) is 2. The first-order chi connectivity index (χ1) is 16.5. The number of aryl methyl sites for hydroxylation is 2. The summed E-state index contributed by atoms with van der Waals surface area (Å²) in [5, 5.41) is 15.2. The van der Waals surface area contributed by atoms with Crippen molar-refractivity contribution in [2.45, 2.75) is 59.0 Å². The van der Waals surface area contributed by atoms with Crippen molar-refractivity contribution in [2.24, 2.45) is 0 Å². The Morgan fingerprint density at radius 2 is 1.57 bits per heavy atom. The van der Waals surface area contributed by atoms with Gasteiger partial charge in [-0.3, -0.25) is 14.8 Å². The molecule has 2 aliphatic rings. The normalized spacial score (nSPS) is 18.4. The fourth-order valence-corrected chi connectivity index (χ4v) is 3.31. The zero-order valence-corrected chi connectivity index (χ0v) is 22.7. The number of carbonyl (C=O) groups excluding carboxylic acids is 1. The summed E-state index contributed by atoms with van der Waals surface area (Å²) in [5.74, 6) is 0. The number of aldehydes is 1.